The number of Topliss-reactive ketones (excluding diaryl/α,β-unsaturated/α-hetero) is 2. The third kappa shape index (κ3) is 4.09. The van der Waals surface area contributed by atoms with Crippen LogP contribution in [0.5, 0.6) is 11.5 Å². The van der Waals surface area contributed by atoms with Crippen LogP contribution in [0.3, 0.4) is 0 Å². The summed E-state index contributed by atoms with van der Waals surface area (Å²) in [6, 6.07) is 10.0. The minimum atomic E-state index is -2.66. The van der Waals surface area contributed by atoms with Crippen molar-refractivity contribution in [1.29, 1.82) is 0 Å². The normalized spacial score (nSPS) is 29.6. The molecule has 2 saturated carbocycles. The molecule has 0 radical (unpaired) electrons. The van der Waals surface area contributed by atoms with E-state index in [9.17, 15) is 34.8 Å². The molecule has 2 fully saturated rings. The van der Waals surface area contributed by atoms with Gasteiger partial charge in [-0.15, -0.1) is 0 Å². The highest BCUT2D eigenvalue weighted by Gasteiger charge is 2.67. The van der Waals surface area contributed by atoms with E-state index in [2.05, 4.69) is 0 Å². The van der Waals surface area contributed by atoms with E-state index in [1.165, 1.54) is 6.07 Å². The number of aromatic hydroxyl groups is 1. The lowest BCUT2D eigenvalue weighted by atomic mass is 9.54. The molecule has 0 aromatic heterocycles. The van der Waals surface area contributed by atoms with Crippen LogP contribution in [0.4, 0.5) is 0 Å². The topological polar surface area (TPSA) is 171 Å². The zero-order chi connectivity index (χ0) is 29.1. The molecule has 3 aliphatic carbocycles. The van der Waals surface area contributed by atoms with Crippen molar-refractivity contribution in [3.8, 4) is 11.5 Å². The molecule has 6 N–H and O–H groups in total. The molecule has 10 heteroatoms. The third-order valence-electron chi connectivity index (χ3n) is 8.89. The first-order valence-electron chi connectivity index (χ1n) is 13.3. The number of hydrogen-bond acceptors (Lipinski definition) is 9. The summed E-state index contributed by atoms with van der Waals surface area (Å²) in [7, 11) is 4.85. The number of carbonyl (C=O) groups is 3. The zero-order valence-corrected chi connectivity index (χ0v) is 22.6. The molecule has 3 aliphatic rings. The van der Waals surface area contributed by atoms with Gasteiger partial charge in [0.2, 0.25) is 11.7 Å². The number of ether oxygens (including phenoxy) is 1. The number of benzene rings is 2. The second kappa shape index (κ2) is 10.0. The maximum absolute atomic E-state index is 13.9. The molecule has 0 saturated heterocycles. The first-order chi connectivity index (χ1) is 18.9. The molecule has 0 spiro atoms. The maximum atomic E-state index is 13.9. The minimum Gasteiger partial charge on any atom is -0.507 e. The van der Waals surface area contributed by atoms with E-state index in [1.807, 2.05) is 24.3 Å². The van der Waals surface area contributed by atoms with Crippen molar-refractivity contribution < 1.29 is 39.5 Å². The summed E-state index contributed by atoms with van der Waals surface area (Å²) < 4.78 is 5.31. The molecule has 10 nitrogen and oxygen atoms in total. The van der Waals surface area contributed by atoms with Crippen LogP contribution in [0.25, 0.3) is 5.76 Å². The second-order valence-electron chi connectivity index (χ2n) is 11.2. The Kier molecular flexibility index (Phi) is 6.98. The average molecular weight is 551 g/mol. The molecule has 5 unspecified atom stereocenters. The number of aryl methyl sites for hydroxylation is 2. The van der Waals surface area contributed by atoms with E-state index in [-0.39, 0.29) is 29.7 Å². The van der Waals surface area contributed by atoms with Gasteiger partial charge in [0.15, 0.2) is 11.4 Å². The van der Waals surface area contributed by atoms with Crippen molar-refractivity contribution in [2.45, 2.75) is 43.4 Å². The summed E-state index contributed by atoms with van der Waals surface area (Å²) in [6.07, 6.45) is 0.0947. The highest BCUT2D eigenvalue weighted by molar-refractivity contribution is 6.25. The molecule has 5 rings (SSSR count). The summed E-state index contributed by atoms with van der Waals surface area (Å²) in [5.74, 6) is -6.72. The molecule has 0 aliphatic heterocycles. The molecule has 1 amide bonds. The van der Waals surface area contributed by atoms with E-state index in [0.717, 1.165) is 16.9 Å². The largest absolute Gasteiger partial charge is 0.507 e. The lowest BCUT2D eigenvalue weighted by molar-refractivity contribution is -0.184. The van der Waals surface area contributed by atoms with Crippen molar-refractivity contribution in [1.82, 2.24) is 4.90 Å². The SMILES string of the molecule is COc1cccc(CCc2ccc(O)c3c2CC2CC4C(N(C)C)C(O)C(C(N)=O)C(=O)[C@@]4(O)C(=O)C2=C3O)c1. The van der Waals surface area contributed by atoms with Gasteiger partial charge in [-0.2, -0.15) is 0 Å². The molecule has 2 aromatic carbocycles. The van der Waals surface area contributed by atoms with Gasteiger partial charge in [0.1, 0.15) is 23.2 Å². The van der Waals surface area contributed by atoms with Gasteiger partial charge in [0, 0.05) is 17.5 Å². The Balaban J connectivity index is 1.58. The zero-order valence-electron chi connectivity index (χ0n) is 22.6. The number of hydrogen-bond donors (Lipinski definition) is 5. The molecule has 40 heavy (non-hydrogen) atoms. The van der Waals surface area contributed by atoms with Crippen molar-refractivity contribution >= 4 is 23.2 Å². The van der Waals surface area contributed by atoms with Crippen molar-refractivity contribution in [2.75, 3.05) is 21.2 Å². The van der Waals surface area contributed by atoms with Gasteiger partial charge in [-0.1, -0.05) is 18.2 Å². The summed E-state index contributed by atoms with van der Waals surface area (Å²) in [6.45, 7) is 0. The Labute approximate surface area is 231 Å². The summed E-state index contributed by atoms with van der Waals surface area (Å²) in [5.41, 5.74) is 5.32. The van der Waals surface area contributed by atoms with Crippen LogP contribution < -0.4 is 10.5 Å². The molecular weight excluding hydrogens is 516 g/mol. The minimum absolute atomic E-state index is 0.0865. The fourth-order valence-electron chi connectivity index (χ4n) is 7.01. The molecule has 0 bridgehead atoms. The van der Waals surface area contributed by atoms with Crippen LogP contribution >= 0.6 is 0 Å². The number of nitrogens with two attached hydrogens (primary N) is 1. The van der Waals surface area contributed by atoms with Gasteiger partial charge in [-0.25, -0.2) is 0 Å². The monoisotopic (exact) mass is 550 g/mol. The Hall–Kier alpha value is -3.73. The van der Waals surface area contributed by atoms with E-state index in [0.29, 0.717) is 18.4 Å². The van der Waals surface area contributed by atoms with Gasteiger partial charge in [0.25, 0.3) is 0 Å². The van der Waals surface area contributed by atoms with Crippen LogP contribution in [0.2, 0.25) is 0 Å². The highest BCUT2D eigenvalue weighted by atomic mass is 16.5. The number of primary amides is 1. The van der Waals surface area contributed by atoms with E-state index in [1.54, 1.807) is 32.2 Å². The summed E-state index contributed by atoms with van der Waals surface area (Å²) in [5, 5.41) is 44.8. The number of likely N-dealkylation sites (N-methyl/N-ethyl adjacent to an activating group) is 1. The Morgan fingerprint density at radius 1 is 1.15 bits per heavy atom. The smallest absolute Gasteiger partial charge is 0.230 e. The second-order valence-corrected chi connectivity index (χ2v) is 11.2. The average Bonchev–Trinajstić information content (AvgIpc) is 2.90. The van der Waals surface area contributed by atoms with Crippen molar-refractivity contribution in [3.05, 3.63) is 64.2 Å². The van der Waals surface area contributed by atoms with E-state index < -0.39 is 58.7 Å². The number of carbonyl (C=O) groups excluding carboxylic acids is 3. The highest BCUT2D eigenvalue weighted by Crippen LogP contribution is 2.52. The fraction of sp³-hybridized carbons (Fsp3) is 0.433. The van der Waals surface area contributed by atoms with Gasteiger partial charge in [0.05, 0.1) is 18.8 Å². The number of amides is 1. The standard InChI is InChI=1S/C30H34N2O8/c1-32(2)24-19-13-16-12-18-15(8-7-14-5-4-6-17(11-14)40-3)9-10-20(33)22(18)25(34)21(16)27(36)30(19,39)28(37)23(26(24)35)29(31)38/h4-6,9-11,16,19,23-24,26,33-35,39H,7-8,12-13H2,1-3H3,(H2,31,38)/t16?,19?,23?,24?,26?,30-/m0/s1. The Morgan fingerprint density at radius 3 is 2.52 bits per heavy atom. The molecule has 6 atom stereocenters. The third-order valence-corrected chi connectivity index (χ3v) is 8.89. The van der Waals surface area contributed by atoms with Crippen LogP contribution in [0.1, 0.15) is 28.7 Å². The number of methoxy groups -OCH3 is 1. The van der Waals surface area contributed by atoms with E-state index in [4.69, 9.17) is 10.5 Å². The number of rotatable bonds is 6. The number of aliphatic hydroxyl groups is 3. The lowest BCUT2D eigenvalue weighted by Gasteiger charge is -2.53. The number of aliphatic hydroxyl groups excluding tert-OH is 2. The molecule has 2 aromatic rings. The number of fused-ring (bicyclic) bond motifs is 3. The number of ketones is 2. The first kappa shape index (κ1) is 27.8. The number of phenolic OH excluding ortho intramolecular Hbond substituents is 1. The molecule has 212 valence electrons. The van der Waals surface area contributed by atoms with Gasteiger partial charge in [-0.05, 0) is 80.6 Å². The van der Waals surface area contributed by atoms with Gasteiger partial charge >= 0.3 is 0 Å². The van der Waals surface area contributed by atoms with Crippen LogP contribution in [0, 0.1) is 17.8 Å². The van der Waals surface area contributed by atoms with Gasteiger partial charge in [-0.3, -0.25) is 14.4 Å². The van der Waals surface area contributed by atoms with Crippen LogP contribution in [0.15, 0.2) is 42.0 Å². The maximum Gasteiger partial charge on any atom is 0.230 e. The van der Waals surface area contributed by atoms with Crippen LogP contribution in [-0.4, -0.2) is 81.8 Å². The number of nitrogens with zero attached hydrogens (tertiary/aromatic N) is 1. The van der Waals surface area contributed by atoms with Gasteiger partial charge < -0.3 is 35.8 Å². The molecular formula is C30H34N2O8. The fourth-order valence-corrected chi connectivity index (χ4v) is 7.01. The first-order valence-corrected chi connectivity index (χ1v) is 13.3. The predicted molar refractivity (Wildman–Crippen MR) is 144 cm³/mol. The van der Waals surface area contributed by atoms with Crippen LogP contribution in [-0.2, 0) is 33.6 Å². The number of phenols is 1. The Bertz CT molecular complexity index is 1430. The summed E-state index contributed by atoms with van der Waals surface area (Å²) >= 11 is 0. The predicted octanol–water partition coefficient (Wildman–Crippen LogP) is 0.923. The van der Waals surface area contributed by atoms with Crippen molar-refractivity contribution in [3.63, 3.8) is 0 Å². The quantitative estimate of drug-likeness (QED) is 0.328. The molecule has 0 heterocycles. The van der Waals surface area contributed by atoms with Crippen molar-refractivity contribution in [2.24, 2.45) is 23.5 Å². The lowest BCUT2D eigenvalue weighted by Crippen LogP contribution is -2.73. The Morgan fingerprint density at radius 2 is 1.88 bits per heavy atom. The summed E-state index contributed by atoms with van der Waals surface area (Å²) in [4.78, 5) is 41.1. The van der Waals surface area contributed by atoms with E-state index >= 15 is 0 Å².